The Labute approximate surface area is 212 Å². The molecule has 0 atom stereocenters. The maximum atomic E-state index is 13.5. The molecular formula is C28H33N2O5P. The molecule has 1 saturated heterocycles. The molecule has 0 saturated carbocycles. The summed E-state index contributed by atoms with van der Waals surface area (Å²) in [5.74, 6) is 0.457. The van der Waals surface area contributed by atoms with Crippen molar-refractivity contribution in [2.24, 2.45) is 5.92 Å². The number of hydrogen-bond acceptors (Lipinski definition) is 6. The molecule has 1 fully saturated rings. The van der Waals surface area contributed by atoms with Gasteiger partial charge < -0.3 is 18.2 Å². The predicted molar refractivity (Wildman–Crippen MR) is 140 cm³/mol. The van der Waals surface area contributed by atoms with E-state index in [1.165, 1.54) is 11.1 Å². The number of ether oxygens (including phenoxy) is 1. The van der Waals surface area contributed by atoms with Crippen LogP contribution < -0.4 is 5.30 Å². The highest BCUT2D eigenvalue weighted by atomic mass is 31.2. The van der Waals surface area contributed by atoms with Crippen molar-refractivity contribution in [3.8, 4) is 0 Å². The number of aryl methyl sites for hydroxylation is 1. The summed E-state index contributed by atoms with van der Waals surface area (Å²) >= 11 is 0. The van der Waals surface area contributed by atoms with Crippen LogP contribution in [-0.2, 0) is 24.8 Å². The molecule has 1 aliphatic heterocycles. The number of carbonyl (C=O) groups is 1. The normalized spacial score (nSPS) is 17.3. The summed E-state index contributed by atoms with van der Waals surface area (Å²) in [6.07, 6.45) is 9.41. The molecule has 2 aromatic heterocycles. The number of rotatable bonds is 8. The van der Waals surface area contributed by atoms with Crippen LogP contribution in [0.3, 0.4) is 0 Å². The zero-order chi connectivity index (χ0) is 25.1. The van der Waals surface area contributed by atoms with Crippen LogP contribution in [0.15, 0.2) is 48.3 Å². The summed E-state index contributed by atoms with van der Waals surface area (Å²) in [5.41, 5.74) is 7.23. The van der Waals surface area contributed by atoms with Crippen molar-refractivity contribution in [3.05, 3.63) is 70.7 Å². The van der Waals surface area contributed by atoms with Crippen LogP contribution in [0.4, 0.5) is 0 Å². The largest absolute Gasteiger partial charge is 0.381 e. The zero-order valence-corrected chi connectivity index (χ0v) is 21.8. The highest BCUT2D eigenvalue weighted by Gasteiger charge is 2.30. The molecule has 1 aliphatic carbocycles. The Kier molecular flexibility index (Phi) is 7.54. The van der Waals surface area contributed by atoms with E-state index in [0.717, 1.165) is 73.9 Å². The number of pyridine rings is 1. The van der Waals surface area contributed by atoms with Crippen molar-refractivity contribution in [2.75, 3.05) is 26.4 Å². The molecule has 0 unspecified atom stereocenters. The van der Waals surface area contributed by atoms with Crippen molar-refractivity contribution >= 4 is 30.4 Å². The van der Waals surface area contributed by atoms with Crippen molar-refractivity contribution in [1.82, 2.24) is 9.38 Å². The topological polar surface area (TPSA) is 79.1 Å². The Hall–Kier alpha value is -2.57. The minimum atomic E-state index is -3.38. The molecule has 7 nitrogen and oxygen atoms in total. The molecule has 0 radical (unpaired) electrons. The number of nitrogens with zero attached hydrogens (tertiary/aromatic N) is 2. The molecule has 36 heavy (non-hydrogen) atoms. The SMILES string of the molecule is CCOP(=O)(OCC)c1ccc2c(c1)CCCC(C1CCOCC1)=C2c1ccn2cc(C=O)nc2c1. The third-order valence-corrected chi connectivity index (χ3v) is 9.20. The van der Waals surface area contributed by atoms with Crippen molar-refractivity contribution < 1.29 is 23.1 Å². The molecule has 190 valence electrons. The van der Waals surface area contributed by atoms with Gasteiger partial charge in [-0.1, -0.05) is 11.6 Å². The van der Waals surface area contributed by atoms with Gasteiger partial charge in [0.05, 0.1) is 18.5 Å². The monoisotopic (exact) mass is 508 g/mol. The molecule has 0 N–H and O–H groups in total. The van der Waals surface area contributed by atoms with Gasteiger partial charge in [0.25, 0.3) is 0 Å². The predicted octanol–water partition coefficient (Wildman–Crippen LogP) is 5.60. The number of aldehydes is 1. The van der Waals surface area contributed by atoms with Crippen molar-refractivity contribution in [3.63, 3.8) is 0 Å². The molecule has 8 heteroatoms. The van der Waals surface area contributed by atoms with Gasteiger partial charge in [-0.2, -0.15) is 0 Å². The van der Waals surface area contributed by atoms with Crippen LogP contribution in [0, 0.1) is 5.92 Å². The molecule has 0 amide bonds. The molecule has 1 aromatic carbocycles. The Balaban J connectivity index is 1.68. The van der Waals surface area contributed by atoms with Gasteiger partial charge in [0, 0.05) is 25.6 Å². The number of fused-ring (bicyclic) bond motifs is 2. The third-order valence-electron chi connectivity index (χ3n) is 7.09. The van der Waals surface area contributed by atoms with Crippen molar-refractivity contribution in [2.45, 2.75) is 46.0 Å². The van der Waals surface area contributed by atoms with Gasteiger partial charge in [0.2, 0.25) is 0 Å². The average Bonchev–Trinajstić information content (AvgIpc) is 3.22. The first-order valence-corrected chi connectivity index (χ1v) is 14.4. The van der Waals surface area contributed by atoms with E-state index in [-0.39, 0.29) is 0 Å². The highest BCUT2D eigenvalue weighted by molar-refractivity contribution is 7.62. The van der Waals surface area contributed by atoms with Gasteiger partial charge in [-0.05, 0) is 98.4 Å². The minimum Gasteiger partial charge on any atom is -0.381 e. The first-order chi connectivity index (χ1) is 17.6. The summed E-state index contributed by atoms with van der Waals surface area (Å²) in [6.45, 7) is 5.86. The Morgan fingerprint density at radius 2 is 1.89 bits per heavy atom. The number of allylic oxidation sites excluding steroid dienone is 1. The summed E-state index contributed by atoms with van der Waals surface area (Å²) in [5, 5.41) is 0.609. The molecule has 3 aromatic rings. The van der Waals surface area contributed by atoms with Crippen LogP contribution in [0.2, 0.25) is 0 Å². The molecule has 2 aliphatic rings. The van der Waals surface area contributed by atoms with E-state index in [9.17, 15) is 9.36 Å². The van der Waals surface area contributed by atoms with E-state index in [1.54, 1.807) is 6.20 Å². The second-order valence-corrected chi connectivity index (χ2v) is 11.3. The van der Waals surface area contributed by atoms with E-state index in [4.69, 9.17) is 13.8 Å². The van der Waals surface area contributed by atoms with Crippen LogP contribution >= 0.6 is 7.60 Å². The summed E-state index contributed by atoms with van der Waals surface area (Å²) < 4.78 is 32.3. The van der Waals surface area contributed by atoms with E-state index in [1.807, 2.05) is 36.6 Å². The van der Waals surface area contributed by atoms with E-state index < -0.39 is 7.60 Å². The molecule has 0 bridgehead atoms. The van der Waals surface area contributed by atoms with Gasteiger partial charge in [-0.3, -0.25) is 9.36 Å². The fourth-order valence-electron chi connectivity index (χ4n) is 5.50. The van der Waals surface area contributed by atoms with Crippen LogP contribution in [0.5, 0.6) is 0 Å². The Morgan fingerprint density at radius 1 is 1.11 bits per heavy atom. The number of imidazole rings is 1. The van der Waals surface area contributed by atoms with Gasteiger partial charge >= 0.3 is 7.60 Å². The van der Waals surface area contributed by atoms with Crippen molar-refractivity contribution in [1.29, 1.82) is 0 Å². The van der Waals surface area contributed by atoms with E-state index in [2.05, 4.69) is 23.2 Å². The number of benzene rings is 1. The van der Waals surface area contributed by atoms with E-state index in [0.29, 0.717) is 30.1 Å². The van der Waals surface area contributed by atoms with Crippen LogP contribution in [-0.4, -0.2) is 42.1 Å². The molecular weight excluding hydrogens is 475 g/mol. The van der Waals surface area contributed by atoms with Gasteiger partial charge in [0.1, 0.15) is 11.3 Å². The lowest BCUT2D eigenvalue weighted by Crippen LogP contribution is -2.18. The Morgan fingerprint density at radius 3 is 2.61 bits per heavy atom. The fraction of sp³-hybridized carbons (Fsp3) is 0.429. The smallest absolute Gasteiger partial charge is 0.361 e. The standard InChI is InChI=1S/C28H33N2O5P/c1-3-34-36(32,35-4-2)24-8-9-26-21(16-24)6-5-7-25(20-11-14-33-15-12-20)28(26)22-10-13-30-18-23(19-31)29-27(30)17-22/h8-10,13,16-20H,3-7,11-12,14-15H2,1-2H3. The second-order valence-electron chi connectivity index (χ2n) is 9.28. The first kappa shape index (κ1) is 25.1. The quantitative estimate of drug-likeness (QED) is 0.291. The van der Waals surface area contributed by atoms with E-state index >= 15 is 0 Å². The second kappa shape index (κ2) is 10.8. The third kappa shape index (κ3) is 4.85. The highest BCUT2D eigenvalue weighted by Crippen LogP contribution is 2.48. The average molecular weight is 509 g/mol. The first-order valence-electron chi connectivity index (χ1n) is 12.8. The zero-order valence-electron chi connectivity index (χ0n) is 20.9. The fourth-order valence-corrected chi connectivity index (χ4v) is 7.13. The molecule has 5 rings (SSSR count). The Bertz CT molecular complexity index is 1330. The van der Waals surface area contributed by atoms with Gasteiger partial charge in [0.15, 0.2) is 6.29 Å². The lowest BCUT2D eigenvalue weighted by molar-refractivity contribution is 0.0751. The summed E-state index contributed by atoms with van der Waals surface area (Å²) in [7, 11) is -3.38. The van der Waals surface area contributed by atoms with Gasteiger partial charge in [-0.15, -0.1) is 0 Å². The van der Waals surface area contributed by atoms with Crippen LogP contribution in [0.1, 0.15) is 66.7 Å². The number of aromatic nitrogens is 2. The maximum absolute atomic E-state index is 13.5. The lowest BCUT2D eigenvalue weighted by atomic mass is 9.82. The lowest BCUT2D eigenvalue weighted by Gasteiger charge is -2.27. The maximum Gasteiger partial charge on any atom is 0.361 e. The van der Waals surface area contributed by atoms with Gasteiger partial charge in [-0.25, -0.2) is 4.98 Å². The number of carbonyl (C=O) groups excluding carboxylic acids is 1. The molecule has 0 spiro atoms. The summed E-state index contributed by atoms with van der Waals surface area (Å²) in [6, 6.07) is 10.2. The molecule has 3 heterocycles. The number of hydrogen-bond donors (Lipinski definition) is 0. The minimum absolute atomic E-state index is 0.320. The summed E-state index contributed by atoms with van der Waals surface area (Å²) in [4.78, 5) is 15.8. The van der Waals surface area contributed by atoms with Crippen LogP contribution in [0.25, 0.3) is 11.2 Å².